The molecule has 38 heavy (non-hydrogen) atoms. The van der Waals surface area contributed by atoms with Crippen LogP contribution in [-0.4, -0.2) is 37.7 Å². The van der Waals surface area contributed by atoms with Gasteiger partial charge in [-0.3, -0.25) is 10.1 Å². The number of aliphatic hydroxyl groups excluding tert-OH is 1. The largest absolute Gasteiger partial charge is 0.478 e. The number of carboxylic acids is 1. The van der Waals surface area contributed by atoms with Crippen LogP contribution >= 0.6 is 11.3 Å². The fourth-order valence-corrected chi connectivity index (χ4v) is 7.31. The lowest BCUT2D eigenvalue weighted by atomic mass is 9.86. The molecule has 9 nitrogen and oxygen atoms in total. The van der Waals surface area contributed by atoms with E-state index in [1.165, 1.54) is 29.3 Å². The molecule has 0 radical (unpaired) electrons. The number of carbonyl (C=O) groups is 1. The number of rotatable bonds is 7. The molecule has 0 spiro atoms. The van der Waals surface area contributed by atoms with Crippen molar-refractivity contribution in [1.29, 1.82) is 0 Å². The molecule has 0 aliphatic heterocycles. The van der Waals surface area contributed by atoms with E-state index in [0.717, 1.165) is 34.4 Å². The molecule has 2 aromatic carbocycles. The zero-order valence-corrected chi connectivity index (χ0v) is 21.2. The molecule has 1 fully saturated rings. The number of fused-ring (bicyclic) bond motifs is 2. The van der Waals surface area contributed by atoms with Crippen molar-refractivity contribution < 1.29 is 19.9 Å². The van der Waals surface area contributed by atoms with Gasteiger partial charge in [0.15, 0.2) is 0 Å². The van der Waals surface area contributed by atoms with Gasteiger partial charge in [-0.1, -0.05) is 24.3 Å². The highest BCUT2D eigenvalue weighted by atomic mass is 32.1. The third-order valence-corrected chi connectivity index (χ3v) is 9.06. The highest BCUT2D eigenvalue weighted by Crippen LogP contribution is 2.51. The number of aromatic carboxylic acids is 1. The lowest BCUT2D eigenvalue weighted by Crippen LogP contribution is -2.14. The molecular weight excluding hydrogens is 504 g/mol. The van der Waals surface area contributed by atoms with Crippen LogP contribution in [0, 0.1) is 16.0 Å². The number of anilines is 1. The zero-order valence-electron chi connectivity index (χ0n) is 20.4. The lowest BCUT2D eigenvalue weighted by Gasteiger charge is -2.19. The van der Waals surface area contributed by atoms with Crippen LogP contribution in [0.1, 0.15) is 69.8 Å². The van der Waals surface area contributed by atoms with Crippen LogP contribution in [0.15, 0.2) is 54.2 Å². The first kappa shape index (κ1) is 24.4. The molecule has 2 aliphatic carbocycles. The summed E-state index contributed by atoms with van der Waals surface area (Å²) >= 11 is 1.58. The Morgan fingerprint density at radius 2 is 1.97 bits per heavy atom. The van der Waals surface area contributed by atoms with E-state index in [0.29, 0.717) is 18.4 Å². The summed E-state index contributed by atoms with van der Waals surface area (Å²) < 4.78 is 0.970. The molecule has 10 heteroatoms. The Morgan fingerprint density at radius 3 is 2.76 bits per heavy atom. The minimum Gasteiger partial charge on any atom is -0.478 e. The van der Waals surface area contributed by atoms with Gasteiger partial charge < -0.3 is 15.5 Å². The standard InChI is InChI=1S/C28H26N4O5S/c33-12-17-9-16(10-21(17)22-11-18(32(36)37)6-7-20(22)28(34)35)23-13-38-26-25(23)29-14-30-27(26)31-24-8-5-15-3-1-2-4-19(15)24/h1-4,6-7,11,13-14,16-17,21,24,33H,5,8-10,12H2,(H,34,35)(H,29,30,31)/t16-,17+,21-,24-/m0/s1. The fraction of sp³-hybridized carbons (Fsp3) is 0.321. The third-order valence-electron chi connectivity index (χ3n) is 8.07. The van der Waals surface area contributed by atoms with Crippen LogP contribution in [0.25, 0.3) is 10.2 Å². The number of non-ortho nitro benzene ring substituents is 1. The summed E-state index contributed by atoms with van der Waals surface area (Å²) in [6, 6.07) is 12.5. The van der Waals surface area contributed by atoms with Crippen LogP contribution in [0.4, 0.5) is 11.5 Å². The third kappa shape index (κ3) is 4.19. The van der Waals surface area contributed by atoms with E-state index in [1.54, 1.807) is 17.7 Å². The van der Waals surface area contributed by atoms with Crippen LogP contribution < -0.4 is 5.32 Å². The van der Waals surface area contributed by atoms with Crippen molar-refractivity contribution >= 4 is 39.0 Å². The second-order valence-electron chi connectivity index (χ2n) is 10.1. The molecule has 2 aromatic heterocycles. The minimum atomic E-state index is -1.13. The monoisotopic (exact) mass is 530 g/mol. The average Bonchev–Trinajstić information content (AvgIpc) is 3.65. The summed E-state index contributed by atoms with van der Waals surface area (Å²) in [5.41, 5.74) is 4.86. The lowest BCUT2D eigenvalue weighted by molar-refractivity contribution is -0.384. The van der Waals surface area contributed by atoms with Crippen LogP contribution in [0.3, 0.4) is 0 Å². The molecule has 3 N–H and O–H groups in total. The quantitative estimate of drug-likeness (QED) is 0.205. The predicted molar refractivity (Wildman–Crippen MR) is 144 cm³/mol. The van der Waals surface area contributed by atoms with Gasteiger partial charge in [0.25, 0.3) is 5.69 Å². The molecule has 2 heterocycles. The van der Waals surface area contributed by atoms with Crippen molar-refractivity contribution in [3.05, 3.63) is 92.1 Å². The van der Waals surface area contributed by atoms with Crippen molar-refractivity contribution in [1.82, 2.24) is 9.97 Å². The van der Waals surface area contributed by atoms with Gasteiger partial charge in [0, 0.05) is 18.7 Å². The molecule has 4 aromatic rings. The number of aromatic nitrogens is 2. The summed E-state index contributed by atoms with van der Waals surface area (Å²) in [7, 11) is 0. The van der Waals surface area contributed by atoms with Gasteiger partial charge in [-0.25, -0.2) is 14.8 Å². The van der Waals surface area contributed by atoms with Crippen molar-refractivity contribution in [2.45, 2.75) is 43.6 Å². The SMILES string of the molecule is O=C(O)c1ccc([N+](=O)[O-])cc1[C@H]1C[C@@H](c2csc3c(N[C@H]4CCc5ccccc54)ncnc23)C[C@@H]1CO. The Bertz CT molecular complexity index is 1550. The molecule has 0 saturated heterocycles. The van der Waals surface area contributed by atoms with Crippen LogP contribution in [-0.2, 0) is 6.42 Å². The zero-order chi connectivity index (χ0) is 26.4. The molecule has 1 saturated carbocycles. The summed E-state index contributed by atoms with van der Waals surface area (Å²) in [5, 5.41) is 37.1. The van der Waals surface area contributed by atoms with E-state index in [2.05, 4.69) is 44.9 Å². The molecule has 0 bridgehead atoms. The maximum Gasteiger partial charge on any atom is 0.335 e. The van der Waals surface area contributed by atoms with Gasteiger partial charge in [-0.05, 0) is 77.1 Å². The van der Waals surface area contributed by atoms with Gasteiger partial charge in [-0.15, -0.1) is 11.3 Å². The van der Waals surface area contributed by atoms with Gasteiger partial charge >= 0.3 is 5.97 Å². The van der Waals surface area contributed by atoms with E-state index in [4.69, 9.17) is 0 Å². The number of nitrogens with zero attached hydrogens (tertiary/aromatic N) is 3. The maximum absolute atomic E-state index is 11.9. The van der Waals surface area contributed by atoms with Crippen molar-refractivity contribution in [3.8, 4) is 0 Å². The van der Waals surface area contributed by atoms with Gasteiger partial charge in [0.05, 0.1) is 26.7 Å². The van der Waals surface area contributed by atoms with Crippen LogP contribution in [0.5, 0.6) is 0 Å². The first-order valence-electron chi connectivity index (χ1n) is 12.6. The highest BCUT2D eigenvalue weighted by Gasteiger charge is 2.39. The van der Waals surface area contributed by atoms with Gasteiger partial charge in [0.2, 0.25) is 0 Å². The highest BCUT2D eigenvalue weighted by molar-refractivity contribution is 7.18. The number of benzene rings is 2. The molecule has 0 amide bonds. The summed E-state index contributed by atoms with van der Waals surface area (Å²) in [6.07, 6.45) is 4.81. The number of nitro groups is 1. The average molecular weight is 531 g/mol. The first-order valence-corrected chi connectivity index (χ1v) is 13.5. The van der Waals surface area contributed by atoms with Gasteiger partial charge in [-0.2, -0.15) is 0 Å². The molecular formula is C28H26N4O5S. The molecule has 194 valence electrons. The Balaban J connectivity index is 1.32. The number of hydrogen-bond acceptors (Lipinski definition) is 8. The number of aryl methyl sites for hydroxylation is 1. The Hall–Kier alpha value is -3.89. The van der Waals surface area contributed by atoms with E-state index in [1.807, 2.05) is 0 Å². The summed E-state index contributed by atoms with van der Waals surface area (Å²) in [5.74, 6) is -0.840. The Kier molecular flexibility index (Phi) is 6.29. The molecule has 4 atom stereocenters. The minimum absolute atomic E-state index is 0.0294. The van der Waals surface area contributed by atoms with Gasteiger partial charge in [0.1, 0.15) is 12.1 Å². The fourth-order valence-electron chi connectivity index (χ4n) is 6.26. The number of carboxylic acid groups (broad SMARTS) is 1. The van der Waals surface area contributed by atoms with Crippen molar-refractivity contribution in [2.75, 3.05) is 11.9 Å². The first-order chi connectivity index (χ1) is 18.4. The topological polar surface area (TPSA) is 138 Å². The van der Waals surface area contributed by atoms with E-state index >= 15 is 0 Å². The Labute approximate surface area is 222 Å². The number of nitro benzene ring substituents is 1. The number of hydrogen-bond donors (Lipinski definition) is 3. The van der Waals surface area contributed by atoms with E-state index in [9.17, 15) is 25.1 Å². The van der Waals surface area contributed by atoms with Crippen LogP contribution in [0.2, 0.25) is 0 Å². The molecule has 0 unspecified atom stereocenters. The maximum atomic E-state index is 11.9. The number of aliphatic hydroxyl groups is 1. The summed E-state index contributed by atoms with van der Waals surface area (Å²) in [4.78, 5) is 32.0. The predicted octanol–water partition coefficient (Wildman–Crippen LogP) is 5.67. The second-order valence-corrected chi connectivity index (χ2v) is 11.0. The van der Waals surface area contributed by atoms with Crippen molar-refractivity contribution in [2.24, 2.45) is 5.92 Å². The second kappa shape index (κ2) is 9.77. The van der Waals surface area contributed by atoms with E-state index < -0.39 is 10.9 Å². The normalized spacial score (nSPS) is 22.4. The van der Waals surface area contributed by atoms with E-state index in [-0.39, 0.29) is 41.7 Å². The summed E-state index contributed by atoms with van der Waals surface area (Å²) in [6.45, 7) is -0.131. The molecule has 2 aliphatic rings. The Morgan fingerprint density at radius 1 is 1.13 bits per heavy atom. The number of thiophene rings is 1. The smallest absolute Gasteiger partial charge is 0.335 e. The number of nitrogens with one attached hydrogen (secondary N) is 1. The van der Waals surface area contributed by atoms with Crippen molar-refractivity contribution in [3.63, 3.8) is 0 Å². The molecule has 6 rings (SSSR count).